The van der Waals surface area contributed by atoms with Gasteiger partial charge in [0.15, 0.2) is 0 Å². The van der Waals surface area contributed by atoms with Crippen molar-refractivity contribution in [2.45, 2.75) is 31.6 Å². The Bertz CT molecular complexity index is 1060. The molecule has 9 heteroatoms. The number of rotatable bonds is 8. The van der Waals surface area contributed by atoms with Crippen LogP contribution in [0.5, 0.6) is 0 Å². The van der Waals surface area contributed by atoms with Gasteiger partial charge in [-0.15, -0.1) is 0 Å². The van der Waals surface area contributed by atoms with E-state index in [1.54, 1.807) is 38.1 Å². The van der Waals surface area contributed by atoms with Crippen molar-refractivity contribution < 1.29 is 22.4 Å². The first-order valence-electron chi connectivity index (χ1n) is 9.78. The van der Waals surface area contributed by atoms with Crippen LogP contribution in [0.25, 0.3) is 0 Å². The number of carbonyl (C=O) groups excluding carboxylic acids is 2. The number of carbonyl (C=O) groups is 2. The van der Waals surface area contributed by atoms with E-state index in [0.29, 0.717) is 11.4 Å². The van der Waals surface area contributed by atoms with Crippen LogP contribution in [0, 0.1) is 11.7 Å². The number of halogens is 1. The maximum atomic E-state index is 14.3. The molecule has 2 N–H and O–H groups in total. The molecular weight excluding hydrogens is 409 g/mol. The zero-order chi connectivity index (χ0) is 21.9. The quantitative estimate of drug-likeness (QED) is 0.666. The standard InChI is InChI=1S/C21H24FN3O4S/c1-3-25(4-2)30(28,29)17-10-11-19(22)18(13-17)21(27)24-16-7-5-6-15(12-16)23-20(26)14-8-9-14/h5-7,10-14H,3-4,8-9H2,1-2H3,(H,23,26)(H,24,27). The SMILES string of the molecule is CCN(CC)S(=O)(=O)c1ccc(F)c(C(=O)Nc2cccc(NC(=O)C3CC3)c2)c1. The molecular formula is C21H24FN3O4S. The summed E-state index contributed by atoms with van der Waals surface area (Å²) in [4.78, 5) is 24.4. The van der Waals surface area contributed by atoms with Crippen molar-refractivity contribution in [3.8, 4) is 0 Å². The predicted octanol–water partition coefficient (Wildman–Crippen LogP) is 3.46. The van der Waals surface area contributed by atoms with Crippen LogP contribution in [0.3, 0.4) is 0 Å². The number of benzene rings is 2. The number of anilines is 2. The maximum absolute atomic E-state index is 14.3. The summed E-state index contributed by atoms with van der Waals surface area (Å²) in [7, 11) is -3.83. The van der Waals surface area contributed by atoms with E-state index in [1.807, 2.05) is 0 Å². The summed E-state index contributed by atoms with van der Waals surface area (Å²) in [5, 5.41) is 5.33. The Morgan fingerprint density at radius 3 is 2.27 bits per heavy atom. The zero-order valence-corrected chi connectivity index (χ0v) is 17.6. The highest BCUT2D eigenvalue weighted by atomic mass is 32.2. The second kappa shape index (κ2) is 8.93. The second-order valence-corrected chi connectivity index (χ2v) is 8.97. The molecule has 1 saturated carbocycles. The summed E-state index contributed by atoms with van der Waals surface area (Å²) in [5.74, 6) is -1.65. The smallest absolute Gasteiger partial charge is 0.258 e. The molecule has 0 radical (unpaired) electrons. The van der Waals surface area contributed by atoms with Crippen LogP contribution >= 0.6 is 0 Å². The van der Waals surface area contributed by atoms with Gasteiger partial charge in [-0.3, -0.25) is 9.59 Å². The molecule has 0 aliphatic heterocycles. The fourth-order valence-electron chi connectivity index (χ4n) is 3.01. The van der Waals surface area contributed by atoms with Crippen LogP contribution in [0.2, 0.25) is 0 Å². The van der Waals surface area contributed by atoms with Gasteiger partial charge in [-0.1, -0.05) is 19.9 Å². The summed E-state index contributed by atoms with van der Waals surface area (Å²) in [6.07, 6.45) is 1.74. The van der Waals surface area contributed by atoms with E-state index in [1.165, 1.54) is 4.31 Å². The predicted molar refractivity (Wildman–Crippen MR) is 112 cm³/mol. The second-order valence-electron chi connectivity index (χ2n) is 7.03. The molecule has 0 atom stereocenters. The first-order chi connectivity index (χ1) is 14.3. The zero-order valence-electron chi connectivity index (χ0n) is 16.8. The number of sulfonamides is 1. The highest BCUT2D eigenvalue weighted by Crippen LogP contribution is 2.30. The Morgan fingerprint density at radius 2 is 1.67 bits per heavy atom. The van der Waals surface area contributed by atoms with Gasteiger partial charge < -0.3 is 10.6 Å². The summed E-state index contributed by atoms with van der Waals surface area (Å²) in [5.41, 5.74) is 0.490. The van der Waals surface area contributed by atoms with E-state index in [4.69, 9.17) is 0 Å². The van der Waals surface area contributed by atoms with Gasteiger partial charge in [0.05, 0.1) is 10.5 Å². The van der Waals surface area contributed by atoms with Crippen molar-refractivity contribution >= 4 is 33.2 Å². The van der Waals surface area contributed by atoms with E-state index >= 15 is 0 Å². The Morgan fingerprint density at radius 1 is 1.03 bits per heavy atom. The largest absolute Gasteiger partial charge is 0.326 e. The molecule has 2 amide bonds. The molecule has 160 valence electrons. The van der Waals surface area contributed by atoms with Crippen molar-refractivity contribution in [1.29, 1.82) is 0 Å². The van der Waals surface area contributed by atoms with Gasteiger partial charge in [0.2, 0.25) is 15.9 Å². The van der Waals surface area contributed by atoms with Crippen LogP contribution in [0.15, 0.2) is 47.4 Å². The Balaban J connectivity index is 1.81. The van der Waals surface area contributed by atoms with E-state index < -0.39 is 21.7 Å². The first kappa shape index (κ1) is 21.9. The number of hydrogen-bond acceptors (Lipinski definition) is 4. The number of hydrogen-bond donors (Lipinski definition) is 2. The van der Waals surface area contributed by atoms with E-state index in [0.717, 1.165) is 31.0 Å². The van der Waals surface area contributed by atoms with Gasteiger partial charge in [0, 0.05) is 30.4 Å². The number of amides is 2. The molecule has 0 heterocycles. The van der Waals surface area contributed by atoms with Gasteiger partial charge in [-0.05, 0) is 49.2 Å². The van der Waals surface area contributed by atoms with Crippen molar-refractivity contribution in [3.05, 3.63) is 53.8 Å². The lowest BCUT2D eigenvalue weighted by Gasteiger charge is -2.19. The molecule has 1 aliphatic carbocycles. The molecule has 2 aromatic rings. The van der Waals surface area contributed by atoms with Gasteiger partial charge in [-0.2, -0.15) is 4.31 Å². The molecule has 0 aromatic heterocycles. The fourth-order valence-corrected chi connectivity index (χ4v) is 4.50. The van der Waals surface area contributed by atoms with E-state index in [-0.39, 0.29) is 35.4 Å². The van der Waals surface area contributed by atoms with Gasteiger partial charge in [0.25, 0.3) is 5.91 Å². The van der Waals surface area contributed by atoms with Crippen LogP contribution in [0.1, 0.15) is 37.0 Å². The number of nitrogens with zero attached hydrogens (tertiary/aromatic N) is 1. The van der Waals surface area contributed by atoms with Gasteiger partial charge >= 0.3 is 0 Å². The Labute approximate surface area is 175 Å². The van der Waals surface area contributed by atoms with Crippen molar-refractivity contribution in [2.24, 2.45) is 5.92 Å². The molecule has 0 unspecified atom stereocenters. The topological polar surface area (TPSA) is 95.6 Å². The first-order valence-corrected chi connectivity index (χ1v) is 11.2. The molecule has 7 nitrogen and oxygen atoms in total. The van der Waals surface area contributed by atoms with Gasteiger partial charge in [-0.25, -0.2) is 12.8 Å². The van der Waals surface area contributed by atoms with Crippen LogP contribution < -0.4 is 10.6 Å². The van der Waals surface area contributed by atoms with Crippen LogP contribution in [-0.2, 0) is 14.8 Å². The molecule has 3 rings (SSSR count). The van der Waals surface area contributed by atoms with Crippen molar-refractivity contribution in [3.63, 3.8) is 0 Å². The summed E-state index contributed by atoms with van der Waals surface area (Å²) in [6, 6.07) is 9.65. The van der Waals surface area contributed by atoms with E-state index in [9.17, 15) is 22.4 Å². The minimum atomic E-state index is -3.83. The molecule has 1 fully saturated rings. The highest BCUT2D eigenvalue weighted by molar-refractivity contribution is 7.89. The van der Waals surface area contributed by atoms with Crippen molar-refractivity contribution in [1.82, 2.24) is 4.31 Å². The lowest BCUT2D eigenvalue weighted by atomic mass is 10.2. The molecule has 0 saturated heterocycles. The maximum Gasteiger partial charge on any atom is 0.258 e. The van der Waals surface area contributed by atoms with Gasteiger partial charge in [0.1, 0.15) is 5.82 Å². The minimum absolute atomic E-state index is 0.0350. The molecule has 30 heavy (non-hydrogen) atoms. The summed E-state index contributed by atoms with van der Waals surface area (Å²) in [6.45, 7) is 3.93. The lowest BCUT2D eigenvalue weighted by molar-refractivity contribution is -0.117. The third-order valence-electron chi connectivity index (χ3n) is 4.86. The Kier molecular flexibility index (Phi) is 6.52. The van der Waals surface area contributed by atoms with Crippen molar-refractivity contribution in [2.75, 3.05) is 23.7 Å². The monoisotopic (exact) mass is 433 g/mol. The Hall–Kier alpha value is -2.78. The normalized spacial score (nSPS) is 13.9. The van der Waals surface area contributed by atoms with Crippen LogP contribution in [0.4, 0.5) is 15.8 Å². The summed E-state index contributed by atoms with van der Waals surface area (Å²) < 4.78 is 40.9. The third-order valence-corrected chi connectivity index (χ3v) is 6.91. The third kappa shape index (κ3) is 4.85. The molecule has 0 spiro atoms. The lowest BCUT2D eigenvalue weighted by Crippen LogP contribution is -2.31. The minimum Gasteiger partial charge on any atom is -0.326 e. The average molecular weight is 434 g/mol. The highest BCUT2D eigenvalue weighted by Gasteiger charge is 2.29. The average Bonchev–Trinajstić information content (AvgIpc) is 3.54. The number of nitrogens with one attached hydrogen (secondary N) is 2. The fraction of sp³-hybridized carbons (Fsp3) is 0.333. The molecule has 0 bridgehead atoms. The van der Waals surface area contributed by atoms with E-state index in [2.05, 4.69) is 10.6 Å². The molecule has 1 aliphatic rings. The summed E-state index contributed by atoms with van der Waals surface area (Å²) >= 11 is 0. The molecule has 2 aromatic carbocycles. The van der Waals surface area contributed by atoms with Crippen LogP contribution in [-0.4, -0.2) is 37.6 Å².